The lowest BCUT2D eigenvalue weighted by Crippen LogP contribution is -2.31. The predicted octanol–water partition coefficient (Wildman–Crippen LogP) is 6.78. The normalized spacial score (nSPS) is 17.1. The number of nitrogens with one attached hydrogen (secondary N) is 1. The number of para-hydroxylation sites is 1. The first kappa shape index (κ1) is 27.8. The smallest absolute Gasteiger partial charge is 0.253 e. The summed E-state index contributed by atoms with van der Waals surface area (Å²) in [5.74, 6) is 3.38. The molecular weight excluding hydrogens is 490 g/mol. The lowest BCUT2D eigenvalue weighted by atomic mass is 9.83. The van der Waals surface area contributed by atoms with Crippen molar-refractivity contribution in [1.82, 2.24) is 19.9 Å². The largest absolute Gasteiger partial charge is 0.362 e. The van der Waals surface area contributed by atoms with Crippen molar-refractivity contribution < 1.29 is 4.79 Å². The molecule has 1 amide bonds. The molecule has 0 unspecified atom stereocenters. The number of amides is 1. The third kappa shape index (κ3) is 6.81. The lowest BCUT2D eigenvalue weighted by Gasteiger charge is -2.26. The summed E-state index contributed by atoms with van der Waals surface area (Å²) in [5, 5.41) is 6.37. The van der Waals surface area contributed by atoms with Crippen LogP contribution >= 0.6 is 11.3 Å². The van der Waals surface area contributed by atoms with Crippen molar-refractivity contribution >= 4 is 34.0 Å². The fourth-order valence-electron chi connectivity index (χ4n) is 5.21. The zero-order chi connectivity index (χ0) is 27.2. The van der Waals surface area contributed by atoms with Gasteiger partial charge in [-0.15, -0.1) is 11.3 Å². The molecule has 3 heterocycles. The summed E-state index contributed by atoms with van der Waals surface area (Å²) >= 11 is 1.76. The van der Waals surface area contributed by atoms with E-state index >= 15 is 0 Å². The molecular formula is C31H41N5OS. The lowest BCUT2D eigenvalue weighted by molar-refractivity contribution is 0.0941. The molecule has 1 saturated carbocycles. The standard InChI is InChI=1S/C20H28N2OS.C11H13N3/c1-14-6-8-17(9-7-14)12-21-20(23)19-11-15(2)22(16(19)3)13-18-5-4-10-24-18;1-8-12-10-7-5-4-6-9(10)11(13-8)14(2)3/h4-5,10-11,14,17H,6-9,12-13H2,1-3H3,(H,21,23);4-7H,1-3H3. The minimum atomic E-state index is 0.0825. The summed E-state index contributed by atoms with van der Waals surface area (Å²) in [6.45, 7) is 10.1. The number of thiophene rings is 1. The van der Waals surface area contributed by atoms with Crippen LogP contribution in [-0.4, -0.2) is 41.1 Å². The maximum Gasteiger partial charge on any atom is 0.253 e. The van der Waals surface area contributed by atoms with Gasteiger partial charge in [-0.1, -0.05) is 38.0 Å². The van der Waals surface area contributed by atoms with Crippen molar-refractivity contribution in [1.29, 1.82) is 0 Å². The van der Waals surface area contributed by atoms with Gasteiger partial charge < -0.3 is 14.8 Å². The Morgan fingerprint density at radius 3 is 2.47 bits per heavy atom. The number of hydrogen-bond acceptors (Lipinski definition) is 5. The van der Waals surface area contributed by atoms with E-state index in [9.17, 15) is 4.79 Å². The molecule has 0 bridgehead atoms. The molecule has 1 aliphatic rings. The molecule has 5 rings (SSSR count). The predicted molar refractivity (Wildman–Crippen MR) is 159 cm³/mol. The average Bonchev–Trinajstić information content (AvgIpc) is 3.52. The Labute approximate surface area is 231 Å². The van der Waals surface area contributed by atoms with Crippen LogP contribution in [0.2, 0.25) is 0 Å². The summed E-state index contributed by atoms with van der Waals surface area (Å²) in [6, 6.07) is 14.3. The maximum atomic E-state index is 12.6. The Bertz CT molecular complexity index is 1350. The van der Waals surface area contributed by atoms with Crippen molar-refractivity contribution in [2.75, 3.05) is 25.5 Å². The van der Waals surface area contributed by atoms with Crippen molar-refractivity contribution in [3.05, 3.63) is 75.5 Å². The Morgan fingerprint density at radius 1 is 1.05 bits per heavy atom. The molecule has 0 spiro atoms. The second kappa shape index (κ2) is 12.6. The molecule has 0 aliphatic heterocycles. The Morgan fingerprint density at radius 2 is 1.79 bits per heavy atom. The number of aryl methyl sites for hydroxylation is 2. The highest BCUT2D eigenvalue weighted by Crippen LogP contribution is 2.28. The Hall–Kier alpha value is -3.19. The number of anilines is 1. The molecule has 0 radical (unpaired) electrons. The molecule has 38 heavy (non-hydrogen) atoms. The highest BCUT2D eigenvalue weighted by Gasteiger charge is 2.21. The van der Waals surface area contributed by atoms with Crippen LogP contribution in [0.4, 0.5) is 5.82 Å². The summed E-state index contributed by atoms with van der Waals surface area (Å²) in [5.41, 5.74) is 4.05. The maximum absolute atomic E-state index is 12.6. The van der Waals surface area contributed by atoms with Gasteiger partial charge in [0.05, 0.1) is 17.6 Å². The van der Waals surface area contributed by atoms with E-state index in [0.717, 1.165) is 58.5 Å². The van der Waals surface area contributed by atoms with E-state index in [1.807, 2.05) is 56.3 Å². The van der Waals surface area contributed by atoms with Gasteiger partial charge in [0.1, 0.15) is 11.6 Å². The van der Waals surface area contributed by atoms with Gasteiger partial charge >= 0.3 is 0 Å². The number of carbonyl (C=O) groups excluding carboxylic acids is 1. The molecule has 3 aromatic heterocycles. The number of nitrogens with zero attached hydrogens (tertiary/aromatic N) is 4. The minimum Gasteiger partial charge on any atom is -0.362 e. The van der Waals surface area contributed by atoms with E-state index < -0.39 is 0 Å². The van der Waals surface area contributed by atoms with Crippen LogP contribution in [0.5, 0.6) is 0 Å². The summed E-state index contributed by atoms with van der Waals surface area (Å²) < 4.78 is 2.24. The third-order valence-electron chi connectivity index (χ3n) is 7.52. The quantitative estimate of drug-likeness (QED) is 0.298. The van der Waals surface area contributed by atoms with Crippen molar-refractivity contribution in [3.63, 3.8) is 0 Å². The second-order valence-electron chi connectivity index (χ2n) is 10.8. The fraction of sp³-hybridized carbons (Fsp3) is 0.452. The molecule has 1 fully saturated rings. The van der Waals surface area contributed by atoms with E-state index in [1.165, 1.54) is 30.6 Å². The van der Waals surface area contributed by atoms with Gasteiger partial charge in [0, 0.05) is 42.3 Å². The van der Waals surface area contributed by atoms with Gasteiger partial charge in [-0.2, -0.15) is 0 Å². The summed E-state index contributed by atoms with van der Waals surface area (Å²) in [6.07, 6.45) is 5.10. The zero-order valence-corrected chi connectivity index (χ0v) is 24.4. The number of rotatable bonds is 6. The molecule has 202 valence electrons. The van der Waals surface area contributed by atoms with Crippen LogP contribution in [0.25, 0.3) is 10.9 Å². The van der Waals surface area contributed by atoms with Gasteiger partial charge in [-0.25, -0.2) is 9.97 Å². The molecule has 0 atom stereocenters. The van der Waals surface area contributed by atoms with E-state index in [2.05, 4.69) is 58.1 Å². The molecule has 0 saturated heterocycles. The van der Waals surface area contributed by atoms with Crippen molar-refractivity contribution in [2.24, 2.45) is 11.8 Å². The van der Waals surface area contributed by atoms with Gasteiger partial charge in [-0.3, -0.25) is 4.79 Å². The van der Waals surface area contributed by atoms with Crippen LogP contribution in [-0.2, 0) is 6.54 Å². The molecule has 1 aliphatic carbocycles. The number of carbonyl (C=O) groups is 1. The molecule has 1 aromatic carbocycles. The SMILES string of the molecule is Cc1cc(C(=O)NCC2CCC(C)CC2)c(C)n1Cc1cccs1.Cc1nc(N(C)C)c2ccccc2n1. The van der Waals surface area contributed by atoms with Gasteiger partial charge in [0.2, 0.25) is 0 Å². The molecule has 4 aromatic rings. The van der Waals surface area contributed by atoms with Crippen LogP contribution in [0, 0.1) is 32.6 Å². The van der Waals surface area contributed by atoms with E-state index in [1.54, 1.807) is 11.3 Å². The van der Waals surface area contributed by atoms with Gasteiger partial charge in [0.15, 0.2) is 0 Å². The highest BCUT2D eigenvalue weighted by molar-refractivity contribution is 7.09. The van der Waals surface area contributed by atoms with Crippen LogP contribution < -0.4 is 10.2 Å². The third-order valence-corrected chi connectivity index (χ3v) is 8.38. The van der Waals surface area contributed by atoms with Gasteiger partial charge in [0.25, 0.3) is 5.91 Å². The van der Waals surface area contributed by atoms with Gasteiger partial charge in [-0.05, 0) is 75.1 Å². The van der Waals surface area contributed by atoms with Crippen LogP contribution in [0.15, 0.2) is 47.8 Å². The van der Waals surface area contributed by atoms with Crippen LogP contribution in [0.1, 0.15) is 65.1 Å². The number of fused-ring (bicyclic) bond motifs is 1. The minimum absolute atomic E-state index is 0.0825. The number of hydrogen-bond donors (Lipinski definition) is 1. The zero-order valence-electron chi connectivity index (χ0n) is 23.6. The monoisotopic (exact) mass is 531 g/mol. The Balaban J connectivity index is 0.000000204. The molecule has 6 nitrogen and oxygen atoms in total. The molecule has 7 heteroatoms. The second-order valence-corrected chi connectivity index (χ2v) is 11.8. The highest BCUT2D eigenvalue weighted by atomic mass is 32.1. The van der Waals surface area contributed by atoms with Crippen molar-refractivity contribution in [2.45, 2.75) is 59.9 Å². The topological polar surface area (TPSA) is 63.1 Å². The van der Waals surface area contributed by atoms with Crippen LogP contribution in [0.3, 0.4) is 0 Å². The first-order valence-corrected chi connectivity index (χ1v) is 14.5. The first-order valence-electron chi connectivity index (χ1n) is 13.6. The fourth-order valence-corrected chi connectivity index (χ4v) is 5.90. The number of benzene rings is 1. The Kier molecular flexibility index (Phi) is 9.21. The van der Waals surface area contributed by atoms with Crippen molar-refractivity contribution in [3.8, 4) is 0 Å². The molecule has 1 N–H and O–H groups in total. The number of aromatic nitrogens is 3. The first-order chi connectivity index (χ1) is 18.2. The van der Waals surface area contributed by atoms with E-state index in [0.29, 0.717) is 5.92 Å². The summed E-state index contributed by atoms with van der Waals surface area (Å²) in [7, 11) is 3.99. The van der Waals surface area contributed by atoms with E-state index in [-0.39, 0.29) is 5.91 Å². The average molecular weight is 532 g/mol. The van der Waals surface area contributed by atoms with E-state index in [4.69, 9.17) is 0 Å². The summed E-state index contributed by atoms with van der Waals surface area (Å²) in [4.78, 5) is 24.7.